The van der Waals surface area contributed by atoms with Crippen LogP contribution in [0.5, 0.6) is 5.75 Å². The molecule has 2 rings (SSSR count). The zero-order chi connectivity index (χ0) is 10.3. The topological polar surface area (TPSA) is 72.3 Å². The van der Waals surface area contributed by atoms with Crippen LogP contribution in [-0.4, -0.2) is 5.11 Å². The summed E-state index contributed by atoms with van der Waals surface area (Å²) >= 11 is 0. The average Bonchev–Trinajstić information content (AvgIpc) is 2.95. The van der Waals surface area contributed by atoms with E-state index in [9.17, 15) is 5.11 Å². The fourth-order valence-corrected chi connectivity index (χ4v) is 1.73. The molecule has 0 spiro atoms. The molecule has 3 nitrogen and oxygen atoms in total. The maximum absolute atomic E-state index is 9.55. The Morgan fingerprint density at radius 1 is 1.43 bits per heavy atom. The monoisotopic (exact) mass is 192 g/mol. The first kappa shape index (κ1) is 9.34. The van der Waals surface area contributed by atoms with Gasteiger partial charge in [0.15, 0.2) is 0 Å². The van der Waals surface area contributed by atoms with Crippen LogP contribution in [0.3, 0.4) is 0 Å². The molecule has 1 aromatic rings. The molecule has 1 fully saturated rings. The predicted molar refractivity (Wildman–Crippen MR) is 56.9 cm³/mol. The molecule has 0 amide bonds. The van der Waals surface area contributed by atoms with E-state index in [1.54, 1.807) is 6.07 Å². The molecule has 3 heteroatoms. The third kappa shape index (κ3) is 1.55. The summed E-state index contributed by atoms with van der Waals surface area (Å²) in [5.74, 6) is 0.744. The van der Waals surface area contributed by atoms with E-state index in [2.05, 4.69) is 0 Å². The molecule has 0 aromatic heterocycles. The second-order valence-electron chi connectivity index (χ2n) is 4.13. The Hall–Kier alpha value is -1.22. The van der Waals surface area contributed by atoms with E-state index in [1.165, 1.54) is 12.8 Å². The van der Waals surface area contributed by atoms with Crippen LogP contribution in [0, 0.1) is 12.8 Å². The molecular formula is C11H16N2O. The van der Waals surface area contributed by atoms with Crippen molar-refractivity contribution in [2.45, 2.75) is 25.8 Å². The van der Waals surface area contributed by atoms with Gasteiger partial charge < -0.3 is 16.6 Å². The summed E-state index contributed by atoms with van der Waals surface area (Å²) in [6.07, 6.45) is 2.40. The lowest BCUT2D eigenvalue weighted by atomic mass is 10.00. The molecule has 0 aliphatic heterocycles. The van der Waals surface area contributed by atoms with E-state index >= 15 is 0 Å². The number of nitrogens with two attached hydrogens (primary N) is 2. The molecule has 0 heterocycles. The van der Waals surface area contributed by atoms with Crippen LogP contribution in [-0.2, 0) is 0 Å². The van der Waals surface area contributed by atoms with Crippen molar-refractivity contribution in [2.75, 3.05) is 5.73 Å². The SMILES string of the molecule is Cc1cc(C(N)C2CC2)cc(O)c1N. The highest BCUT2D eigenvalue weighted by molar-refractivity contribution is 5.59. The van der Waals surface area contributed by atoms with Gasteiger partial charge in [-0.05, 0) is 42.9 Å². The van der Waals surface area contributed by atoms with E-state index in [-0.39, 0.29) is 11.8 Å². The number of aromatic hydroxyl groups is 1. The van der Waals surface area contributed by atoms with Gasteiger partial charge in [0.25, 0.3) is 0 Å². The number of phenolic OH excluding ortho intramolecular Hbond substituents is 1. The van der Waals surface area contributed by atoms with Gasteiger partial charge in [-0.2, -0.15) is 0 Å². The standard InChI is InChI=1S/C11H16N2O/c1-6-4-8(5-9(14)10(6)12)11(13)7-2-3-7/h4-5,7,11,14H,2-3,12-13H2,1H3. The van der Waals surface area contributed by atoms with Crippen molar-refractivity contribution < 1.29 is 5.11 Å². The first-order chi connectivity index (χ1) is 6.59. The molecule has 0 radical (unpaired) electrons. The molecule has 1 aromatic carbocycles. The lowest BCUT2D eigenvalue weighted by Crippen LogP contribution is -2.12. The Balaban J connectivity index is 2.34. The minimum Gasteiger partial charge on any atom is -0.506 e. The first-order valence-electron chi connectivity index (χ1n) is 4.94. The van der Waals surface area contributed by atoms with E-state index in [0.717, 1.165) is 11.1 Å². The Labute approximate surface area is 83.7 Å². The largest absolute Gasteiger partial charge is 0.506 e. The molecule has 76 valence electrons. The first-order valence-corrected chi connectivity index (χ1v) is 4.94. The molecule has 0 bridgehead atoms. The summed E-state index contributed by atoms with van der Waals surface area (Å²) in [6.45, 7) is 1.89. The van der Waals surface area contributed by atoms with Crippen LogP contribution < -0.4 is 11.5 Å². The van der Waals surface area contributed by atoms with Crippen LogP contribution in [0.2, 0.25) is 0 Å². The van der Waals surface area contributed by atoms with E-state index in [0.29, 0.717) is 11.6 Å². The van der Waals surface area contributed by atoms with Crippen LogP contribution in [0.15, 0.2) is 12.1 Å². The molecule has 14 heavy (non-hydrogen) atoms. The van der Waals surface area contributed by atoms with Crippen molar-refractivity contribution in [1.29, 1.82) is 0 Å². The summed E-state index contributed by atoms with van der Waals surface area (Å²) in [5, 5.41) is 9.55. The molecule has 1 saturated carbocycles. The van der Waals surface area contributed by atoms with Gasteiger partial charge in [-0.3, -0.25) is 0 Å². The van der Waals surface area contributed by atoms with Gasteiger partial charge in [0, 0.05) is 6.04 Å². The summed E-state index contributed by atoms with van der Waals surface area (Å²) < 4.78 is 0. The van der Waals surface area contributed by atoms with Gasteiger partial charge in [0.05, 0.1) is 5.69 Å². The number of anilines is 1. The number of phenols is 1. The zero-order valence-electron chi connectivity index (χ0n) is 8.33. The van der Waals surface area contributed by atoms with Gasteiger partial charge in [-0.25, -0.2) is 0 Å². The molecule has 0 saturated heterocycles. The number of aryl methyl sites for hydroxylation is 1. The molecule has 1 aliphatic carbocycles. The van der Waals surface area contributed by atoms with Crippen molar-refractivity contribution in [1.82, 2.24) is 0 Å². The molecular weight excluding hydrogens is 176 g/mol. The molecule has 1 atom stereocenters. The Morgan fingerprint density at radius 3 is 2.57 bits per heavy atom. The number of benzene rings is 1. The minimum absolute atomic E-state index is 0.0557. The second-order valence-corrected chi connectivity index (χ2v) is 4.13. The Bertz CT molecular complexity index is 335. The highest BCUT2D eigenvalue weighted by Crippen LogP contribution is 2.41. The highest BCUT2D eigenvalue weighted by Gasteiger charge is 2.29. The fourth-order valence-electron chi connectivity index (χ4n) is 1.73. The quantitative estimate of drug-likeness (QED) is 0.493. The normalized spacial score (nSPS) is 18.1. The van der Waals surface area contributed by atoms with Gasteiger partial charge >= 0.3 is 0 Å². The lowest BCUT2D eigenvalue weighted by molar-refractivity contribution is 0.475. The van der Waals surface area contributed by atoms with Gasteiger partial charge in [-0.1, -0.05) is 6.07 Å². The average molecular weight is 192 g/mol. The Morgan fingerprint density at radius 2 is 2.07 bits per heavy atom. The fraction of sp³-hybridized carbons (Fsp3) is 0.455. The Kier molecular flexibility index (Phi) is 2.11. The maximum atomic E-state index is 9.55. The third-order valence-corrected chi connectivity index (χ3v) is 2.90. The highest BCUT2D eigenvalue weighted by atomic mass is 16.3. The van der Waals surface area contributed by atoms with E-state index < -0.39 is 0 Å². The van der Waals surface area contributed by atoms with Crippen LogP contribution in [0.1, 0.15) is 30.0 Å². The summed E-state index contributed by atoms with van der Waals surface area (Å²) in [4.78, 5) is 0. The maximum Gasteiger partial charge on any atom is 0.139 e. The van der Waals surface area contributed by atoms with Gasteiger partial charge in [0.1, 0.15) is 5.75 Å². The molecule has 5 N–H and O–H groups in total. The van der Waals surface area contributed by atoms with Gasteiger partial charge in [-0.15, -0.1) is 0 Å². The zero-order valence-corrected chi connectivity index (χ0v) is 8.33. The summed E-state index contributed by atoms with van der Waals surface area (Å²) in [7, 11) is 0. The molecule has 1 unspecified atom stereocenters. The minimum atomic E-state index is 0.0557. The van der Waals surface area contributed by atoms with Crippen molar-refractivity contribution in [3.63, 3.8) is 0 Å². The number of rotatable bonds is 2. The van der Waals surface area contributed by atoms with Gasteiger partial charge in [0.2, 0.25) is 0 Å². The molecule has 1 aliphatic rings. The number of nitrogen functional groups attached to an aromatic ring is 1. The van der Waals surface area contributed by atoms with Crippen molar-refractivity contribution >= 4 is 5.69 Å². The van der Waals surface area contributed by atoms with Crippen molar-refractivity contribution in [2.24, 2.45) is 11.7 Å². The summed E-state index contributed by atoms with van der Waals surface area (Å²) in [5.41, 5.74) is 14.0. The van der Waals surface area contributed by atoms with Crippen molar-refractivity contribution in [3.8, 4) is 5.75 Å². The van der Waals surface area contributed by atoms with Crippen LogP contribution in [0.25, 0.3) is 0 Å². The van der Waals surface area contributed by atoms with Crippen LogP contribution >= 0.6 is 0 Å². The summed E-state index contributed by atoms with van der Waals surface area (Å²) in [6, 6.07) is 3.71. The van der Waals surface area contributed by atoms with Crippen LogP contribution in [0.4, 0.5) is 5.69 Å². The van der Waals surface area contributed by atoms with E-state index in [1.807, 2.05) is 13.0 Å². The smallest absolute Gasteiger partial charge is 0.139 e. The lowest BCUT2D eigenvalue weighted by Gasteiger charge is -2.13. The van der Waals surface area contributed by atoms with E-state index in [4.69, 9.17) is 11.5 Å². The predicted octanol–water partition coefficient (Wildman–Crippen LogP) is 1.69. The van der Waals surface area contributed by atoms with Crippen molar-refractivity contribution in [3.05, 3.63) is 23.3 Å². The number of hydrogen-bond acceptors (Lipinski definition) is 3. The number of hydrogen-bond donors (Lipinski definition) is 3. The third-order valence-electron chi connectivity index (χ3n) is 2.90. The second kappa shape index (κ2) is 3.17.